The van der Waals surface area contributed by atoms with Gasteiger partial charge in [0.1, 0.15) is 5.75 Å². The van der Waals surface area contributed by atoms with Gasteiger partial charge in [0.15, 0.2) is 5.78 Å². The fourth-order valence-corrected chi connectivity index (χ4v) is 5.73. The van der Waals surface area contributed by atoms with Crippen LogP contribution in [0, 0.1) is 0 Å². The number of carbonyl (C=O) groups is 3. The molecule has 198 valence electrons. The molecule has 1 aliphatic rings. The van der Waals surface area contributed by atoms with Crippen LogP contribution in [0.25, 0.3) is 17.0 Å². The second-order valence-corrected chi connectivity index (χ2v) is 11.5. The molecule has 6 nitrogen and oxygen atoms in total. The lowest BCUT2D eigenvalue weighted by Gasteiger charge is -2.11. The summed E-state index contributed by atoms with van der Waals surface area (Å²) < 4.78 is 8.81. The summed E-state index contributed by atoms with van der Waals surface area (Å²) in [6, 6.07) is 19.6. The molecule has 0 radical (unpaired) electrons. The first kappa shape index (κ1) is 27.5. The van der Waals surface area contributed by atoms with E-state index in [4.69, 9.17) is 27.9 Å². The van der Waals surface area contributed by atoms with Crippen LogP contribution in [0.1, 0.15) is 22.3 Å². The van der Waals surface area contributed by atoms with Crippen molar-refractivity contribution in [1.29, 1.82) is 0 Å². The number of halogens is 3. The third kappa shape index (κ3) is 6.25. The Kier molecular flexibility index (Phi) is 8.47. The molecule has 2 heterocycles. The van der Waals surface area contributed by atoms with E-state index in [9.17, 15) is 14.4 Å². The Labute approximate surface area is 247 Å². The van der Waals surface area contributed by atoms with Crippen molar-refractivity contribution in [1.82, 2.24) is 9.47 Å². The molecule has 4 aromatic rings. The van der Waals surface area contributed by atoms with Gasteiger partial charge in [0, 0.05) is 44.3 Å². The number of para-hydroxylation sites is 1. The average molecular weight is 644 g/mol. The summed E-state index contributed by atoms with van der Waals surface area (Å²) in [5.41, 5.74) is 2.17. The molecule has 0 bridgehead atoms. The van der Waals surface area contributed by atoms with Crippen LogP contribution in [0.15, 0.2) is 82.3 Å². The molecule has 1 aromatic heterocycles. The Bertz CT molecular complexity index is 1620. The third-order valence-electron chi connectivity index (χ3n) is 6.14. The molecule has 1 fully saturated rings. The summed E-state index contributed by atoms with van der Waals surface area (Å²) in [4.78, 5) is 39.7. The molecule has 10 heteroatoms. The SMILES string of the molecule is O=C(CN1C(=O)S/C(=C\c2cn(CCCOc3ccccc3Cl)c3ccc(Br)cc23)C1=O)c1ccc(Cl)cc1. The lowest BCUT2D eigenvalue weighted by atomic mass is 10.1. The zero-order chi connectivity index (χ0) is 27.5. The predicted molar refractivity (Wildman–Crippen MR) is 160 cm³/mol. The van der Waals surface area contributed by atoms with Crippen molar-refractivity contribution in [3.8, 4) is 5.75 Å². The number of carbonyl (C=O) groups excluding carboxylic acids is 3. The van der Waals surface area contributed by atoms with Gasteiger partial charge in [-0.05, 0) is 78.9 Å². The maximum atomic E-state index is 13.1. The number of thioether (sulfide) groups is 1. The van der Waals surface area contributed by atoms with E-state index in [0.29, 0.717) is 34.5 Å². The summed E-state index contributed by atoms with van der Waals surface area (Å²) in [5.74, 6) is -0.183. The largest absolute Gasteiger partial charge is 0.492 e. The number of aryl methyl sites for hydroxylation is 1. The van der Waals surface area contributed by atoms with Crippen LogP contribution in [0.3, 0.4) is 0 Å². The molecule has 39 heavy (non-hydrogen) atoms. The Morgan fingerprint density at radius 1 is 1.03 bits per heavy atom. The maximum absolute atomic E-state index is 13.1. The molecule has 0 spiro atoms. The van der Waals surface area contributed by atoms with Gasteiger partial charge in [0.05, 0.1) is 23.1 Å². The maximum Gasteiger partial charge on any atom is 0.293 e. The number of amides is 2. The Balaban J connectivity index is 1.33. The summed E-state index contributed by atoms with van der Waals surface area (Å²) >= 11 is 16.4. The molecule has 3 aromatic carbocycles. The van der Waals surface area contributed by atoms with Gasteiger partial charge in [-0.25, -0.2) is 0 Å². The quantitative estimate of drug-likeness (QED) is 0.105. The highest BCUT2D eigenvalue weighted by Crippen LogP contribution is 2.35. The number of rotatable bonds is 9. The minimum Gasteiger partial charge on any atom is -0.492 e. The van der Waals surface area contributed by atoms with Crippen molar-refractivity contribution in [3.63, 3.8) is 0 Å². The first-order valence-corrected chi connectivity index (χ1v) is 14.4. The topological polar surface area (TPSA) is 68.6 Å². The molecule has 0 N–H and O–H groups in total. The number of fused-ring (bicyclic) bond motifs is 1. The third-order valence-corrected chi connectivity index (χ3v) is 8.10. The first-order valence-electron chi connectivity index (χ1n) is 12.0. The number of ketones is 1. The normalized spacial score (nSPS) is 14.5. The van der Waals surface area contributed by atoms with Crippen LogP contribution < -0.4 is 4.74 Å². The molecular formula is C29H21BrCl2N2O4S. The Hall–Kier alpha value is -3.04. The van der Waals surface area contributed by atoms with E-state index in [2.05, 4.69) is 20.5 Å². The van der Waals surface area contributed by atoms with Crippen molar-refractivity contribution in [2.75, 3.05) is 13.2 Å². The monoisotopic (exact) mass is 642 g/mol. The predicted octanol–water partition coefficient (Wildman–Crippen LogP) is 8.10. The molecule has 0 saturated carbocycles. The number of aromatic nitrogens is 1. The van der Waals surface area contributed by atoms with E-state index in [1.54, 1.807) is 36.4 Å². The fraction of sp³-hybridized carbons (Fsp3) is 0.138. The van der Waals surface area contributed by atoms with Gasteiger partial charge >= 0.3 is 0 Å². The summed E-state index contributed by atoms with van der Waals surface area (Å²) in [7, 11) is 0. The van der Waals surface area contributed by atoms with Gasteiger partial charge in [-0.15, -0.1) is 0 Å². The van der Waals surface area contributed by atoms with Crippen molar-refractivity contribution in [2.24, 2.45) is 0 Å². The van der Waals surface area contributed by atoms with E-state index < -0.39 is 11.1 Å². The smallest absolute Gasteiger partial charge is 0.293 e. The highest BCUT2D eigenvalue weighted by Gasteiger charge is 2.36. The molecule has 1 saturated heterocycles. The van der Waals surface area contributed by atoms with E-state index >= 15 is 0 Å². The van der Waals surface area contributed by atoms with Crippen LogP contribution >= 0.6 is 50.9 Å². The number of ether oxygens (including phenoxy) is 1. The Morgan fingerprint density at radius 3 is 2.56 bits per heavy atom. The summed E-state index contributed by atoms with van der Waals surface area (Å²) in [6.07, 6.45) is 4.40. The van der Waals surface area contributed by atoms with Crippen LogP contribution in [-0.2, 0) is 11.3 Å². The molecule has 0 unspecified atom stereocenters. The van der Waals surface area contributed by atoms with Crippen molar-refractivity contribution < 1.29 is 19.1 Å². The fourth-order valence-electron chi connectivity index (χ4n) is 4.22. The zero-order valence-electron chi connectivity index (χ0n) is 20.4. The number of nitrogens with zero attached hydrogens (tertiary/aromatic N) is 2. The van der Waals surface area contributed by atoms with Crippen LogP contribution in [0.4, 0.5) is 4.79 Å². The van der Waals surface area contributed by atoms with Crippen LogP contribution in [0.5, 0.6) is 5.75 Å². The second kappa shape index (κ2) is 12.0. The molecule has 0 atom stereocenters. The molecular weight excluding hydrogens is 623 g/mol. The van der Waals surface area contributed by atoms with Gasteiger partial charge in [-0.1, -0.05) is 51.3 Å². The van der Waals surface area contributed by atoms with Gasteiger partial charge in [0.25, 0.3) is 11.1 Å². The van der Waals surface area contributed by atoms with E-state index in [-0.39, 0.29) is 17.2 Å². The van der Waals surface area contributed by atoms with Crippen LogP contribution in [-0.4, -0.2) is 39.5 Å². The summed E-state index contributed by atoms with van der Waals surface area (Å²) in [6.45, 7) is 0.825. The summed E-state index contributed by atoms with van der Waals surface area (Å²) in [5, 5.41) is 1.52. The van der Waals surface area contributed by atoms with E-state index in [1.807, 2.05) is 42.6 Å². The zero-order valence-corrected chi connectivity index (χ0v) is 24.3. The van der Waals surface area contributed by atoms with Crippen molar-refractivity contribution >= 4 is 84.8 Å². The number of hydrogen-bond acceptors (Lipinski definition) is 5. The minimum absolute atomic E-state index is 0.269. The van der Waals surface area contributed by atoms with Gasteiger partial charge in [-0.3, -0.25) is 19.3 Å². The Morgan fingerprint density at radius 2 is 1.79 bits per heavy atom. The lowest BCUT2D eigenvalue weighted by Crippen LogP contribution is -2.33. The first-order chi connectivity index (χ1) is 18.8. The standard InChI is InChI=1S/C29H21BrCl2N2O4S/c30-20-8-11-24-22(15-20)19(16-33(24)12-3-13-38-26-5-2-1-4-23(26)32)14-27-28(36)34(29(37)39-27)17-25(35)18-6-9-21(31)10-7-18/h1-2,4-11,14-16H,3,12-13,17H2/b27-14-. The highest BCUT2D eigenvalue weighted by molar-refractivity contribution is 9.10. The lowest BCUT2D eigenvalue weighted by molar-refractivity contribution is -0.122. The molecule has 5 rings (SSSR count). The average Bonchev–Trinajstić information content (AvgIpc) is 3.39. The number of hydrogen-bond donors (Lipinski definition) is 0. The minimum atomic E-state index is -0.489. The van der Waals surface area contributed by atoms with Gasteiger partial charge in [0.2, 0.25) is 0 Å². The van der Waals surface area contributed by atoms with Crippen molar-refractivity contribution in [3.05, 3.63) is 103 Å². The number of imide groups is 1. The number of Topliss-reactive ketones (excluding diaryl/α,β-unsaturated/α-hetero) is 1. The molecule has 0 aliphatic carbocycles. The highest BCUT2D eigenvalue weighted by atomic mass is 79.9. The van der Waals surface area contributed by atoms with E-state index in [0.717, 1.165) is 44.0 Å². The second-order valence-electron chi connectivity index (χ2n) is 8.77. The number of benzene rings is 3. The van der Waals surface area contributed by atoms with Gasteiger partial charge in [-0.2, -0.15) is 0 Å². The molecule has 1 aliphatic heterocycles. The van der Waals surface area contributed by atoms with Crippen molar-refractivity contribution in [2.45, 2.75) is 13.0 Å². The van der Waals surface area contributed by atoms with E-state index in [1.165, 1.54) is 0 Å². The van der Waals surface area contributed by atoms with Gasteiger partial charge < -0.3 is 9.30 Å². The molecule has 2 amide bonds. The van der Waals surface area contributed by atoms with Crippen LogP contribution in [0.2, 0.25) is 10.0 Å².